The molecule has 7 nitrogen and oxygen atoms in total. The number of hydrogen-bond acceptors (Lipinski definition) is 6. The lowest BCUT2D eigenvalue weighted by molar-refractivity contribution is -0.129. The van der Waals surface area contributed by atoms with Gasteiger partial charge in [-0.15, -0.1) is 0 Å². The average molecular weight is 437 g/mol. The fraction of sp³-hybridized carbons (Fsp3) is 0.708. The monoisotopic (exact) mass is 436 g/mol. The maximum Gasteiger partial charge on any atom is 0.222 e. The number of rotatable bonds is 14. The van der Waals surface area contributed by atoms with Crippen LogP contribution in [0.5, 0.6) is 11.5 Å². The highest BCUT2D eigenvalue weighted by molar-refractivity contribution is 5.78. The summed E-state index contributed by atoms with van der Waals surface area (Å²) in [4.78, 5) is 13.6. The predicted molar refractivity (Wildman–Crippen MR) is 121 cm³/mol. The van der Waals surface area contributed by atoms with E-state index in [9.17, 15) is 9.90 Å². The number of carbonyl (C=O) groups excluding carboxylic acids is 1. The molecule has 1 fully saturated rings. The molecule has 0 aromatic heterocycles. The standard InChI is InChI=1S/C24H40N2O5/c1-17(2)19(15-20(25)21(27)16-26-10-5-7-24(26)28)13-18-8-9-22(30-4)23(14-18)31-12-6-11-29-3/h8-9,14,17,19-21,27H,5-7,10-13,15-16,25H2,1-4H3/t19-,20-,21-/m0/s1. The van der Waals surface area contributed by atoms with Crippen molar-refractivity contribution < 1.29 is 24.1 Å². The lowest BCUT2D eigenvalue weighted by atomic mass is 9.83. The number of aliphatic hydroxyl groups is 1. The number of nitrogens with zero attached hydrogens (tertiary/aromatic N) is 1. The van der Waals surface area contributed by atoms with E-state index in [1.165, 1.54) is 0 Å². The summed E-state index contributed by atoms with van der Waals surface area (Å²) in [6.07, 6.45) is 3.06. The molecule has 3 atom stereocenters. The van der Waals surface area contributed by atoms with Crippen LogP contribution in [0.1, 0.15) is 45.1 Å². The van der Waals surface area contributed by atoms with Crippen molar-refractivity contribution in [2.24, 2.45) is 17.6 Å². The van der Waals surface area contributed by atoms with E-state index in [-0.39, 0.29) is 11.9 Å². The molecule has 1 aromatic rings. The number of β-amino-alcohol motifs (C(OH)–C–C–N with tert-alkyl or cyclic N) is 1. The van der Waals surface area contributed by atoms with Gasteiger partial charge < -0.3 is 30.0 Å². The van der Waals surface area contributed by atoms with Crippen LogP contribution < -0.4 is 15.2 Å². The summed E-state index contributed by atoms with van der Waals surface area (Å²) in [5.74, 6) is 2.26. The van der Waals surface area contributed by atoms with E-state index >= 15 is 0 Å². The number of hydrogen-bond donors (Lipinski definition) is 2. The van der Waals surface area contributed by atoms with Crippen LogP contribution in [0.25, 0.3) is 0 Å². The number of amides is 1. The van der Waals surface area contributed by atoms with Crippen LogP contribution in [0.3, 0.4) is 0 Å². The minimum absolute atomic E-state index is 0.114. The third-order valence-corrected chi connectivity index (χ3v) is 6.07. The molecule has 3 N–H and O–H groups in total. The van der Waals surface area contributed by atoms with Gasteiger partial charge in [0.15, 0.2) is 11.5 Å². The van der Waals surface area contributed by atoms with Crippen LogP contribution in [0, 0.1) is 11.8 Å². The van der Waals surface area contributed by atoms with E-state index in [0.717, 1.165) is 37.1 Å². The second-order valence-electron chi connectivity index (χ2n) is 8.80. The molecule has 0 aliphatic carbocycles. The Morgan fingerprint density at radius 2 is 1.97 bits per heavy atom. The molecule has 1 heterocycles. The van der Waals surface area contributed by atoms with Crippen LogP contribution in [0.4, 0.5) is 0 Å². The first-order valence-corrected chi connectivity index (χ1v) is 11.4. The van der Waals surface area contributed by atoms with Crippen molar-refractivity contribution in [1.29, 1.82) is 0 Å². The number of carbonyl (C=O) groups is 1. The Morgan fingerprint density at radius 1 is 1.19 bits per heavy atom. The first-order valence-electron chi connectivity index (χ1n) is 11.4. The third kappa shape index (κ3) is 7.98. The molecule has 0 bridgehead atoms. The topological polar surface area (TPSA) is 94.3 Å². The minimum atomic E-state index is -0.709. The zero-order chi connectivity index (χ0) is 22.8. The number of methoxy groups -OCH3 is 2. The van der Waals surface area contributed by atoms with E-state index in [4.69, 9.17) is 19.9 Å². The van der Waals surface area contributed by atoms with Crippen molar-refractivity contribution in [2.45, 2.75) is 58.1 Å². The van der Waals surface area contributed by atoms with Crippen LogP contribution in [-0.2, 0) is 16.0 Å². The molecule has 1 aliphatic rings. The molecule has 176 valence electrons. The van der Waals surface area contributed by atoms with Crippen molar-refractivity contribution in [3.63, 3.8) is 0 Å². The van der Waals surface area contributed by atoms with E-state index in [0.29, 0.717) is 50.2 Å². The molecule has 1 aromatic carbocycles. The minimum Gasteiger partial charge on any atom is -0.493 e. The quantitative estimate of drug-likeness (QED) is 0.436. The zero-order valence-corrected chi connectivity index (χ0v) is 19.5. The van der Waals surface area contributed by atoms with Gasteiger partial charge in [0.05, 0.1) is 19.8 Å². The maximum absolute atomic E-state index is 11.8. The first-order chi connectivity index (χ1) is 14.8. The van der Waals surface area contributed by atoms with Gasteiger partial charge in [-0.05, 0) is 48.8 Å². The van der Waals surface area contributed by atoms with Gasteiger partial charge in [0, 0.05) is 45.7 Å². The highest BCUT2D eigenvalue weighted by Gasteiger charge is 2.28. The van der Waals surface area contributed by atoms with Gasteiger partial charge in [0.1, 0.15) is 0 Å². The number of aliphatic hydroxyl groups excluding tert-OH is 1. The van der Waals surface area contributed by atoms with Crippen molar-refractivity contribution in [1.82, 2.24) is 4.90 Å². The lowest BCUT2D eigenvalue weighted by Crippen LogP contribution is -2.45. The largest absolute Gasteiger partial charge is 0.493 e. The Bertz CT molecular complexity index is 682. The Balaban J connectivity index is 1.98. The van der Waals surface area contributed by atoms with Gasteiger partial charge in [-0.25, -0.2) is 0 Å². The number of nitrogens with two attached hydrogens (primary N) is 1. The predicted octanol–water partition coefficient (Wildman–Crippen LogP) is 2.63. The summed E-state index contributed by atoms with van der Waals surface area (Å²) in [5, 5.41) is 10.6. The Kier molecular flexibility index (Phi) is 10.6. The molecule has 0 spiro atoms. The summed E-state index contributed by atoms with van der Waals surface area (Å²) < 4.78 is 16.4. The summed E-state index contributed by atoms with van der Waals surface area (Å²) >= 11 is 0. The number of likely N-dealkylation sites (tertiary alicyclic amines) is 1. The Morgan fingerprint density at radius 3 is 2.58 bits per heavy atom. The maximum atomic E-state index is 11.8. The van der Waals surface area contributed by atoms with E-state index in [2.05, 4.69) is 19.9 Å². The third-order valence-electron chi connectivity index (χ3n) is 6.07. The molecule has 31 heavy (non-hydrogen) atoms. The van der Waals surface area contributed by atoms with Crippen LogP contribution in [0.2, 0.25) is 0 Å². The van der Waals surface area contributed by atoms with Crippen LogP contribution >= 0.6 is 0 Å². The molecule has 1 amide bonds. The van der Waals surface area contributed by atoms with Crippen LogP contribution in [-0.4, -0.2) is 68.6 Å². The van der Waals surface area contributed by atoms with E-state index in [1.807, 2.05) is 12.1 Å². The highest BCUT2D eigenvalue weighted by Crippen LogP contribution is 2.31. The molecule has 7 heteroatoms. The van der Waals surface area contributed by atoms with Gasteiger partial charge in [-0.2, -0.15) is 0 Å². The van der Waals surface area contributed by atoms with Crippen molar-refractivity contribution in [3.8, 4) is 11.5 Å². The van der Waals surface area contributed by atoms with Crippen molar-refractivity contribution in [3.05, 3.63) is 23.8 Å². The molecule has 0 unspecified atom stereocenters. The summed E-state index contributed by atoms with van der Waals surface area (Å²) in [7, 11) is 3.32. The molecule has 0 saturated carbocycles. The average Bonchev–Trinajstić information content (AvgIpc) is 3.15. The molecular formula is C24H40N2O5. The fourth-order valence-electron chi connectivity index (χ4n) is 4.01. The zero-order valence-electron chi connectivity index (χ0n) is 19.5. The van der Waals surface area contributed by atoms with E-state index in [1.54, 1.807) is 19.1 Å². The van der Waals surface area contributed by atoms with Gasteiger partial charge in [-0.3, -0.25) is 4.79 Å². The second-order valence-corrected chi connectivity index (χ2v) is 8.80. The summed E-state index contributed by atoms with van der Waals surface area (Å²) in [6, 6.07) is 5.66. The van der Waals surface area contributed by atoms with Gasteiger partial charge >= 0.3 is 0 Å². The molecule has 1 saturated heterocycles. The highest BCUT2D eigenvalue weighted by atomic mass is 16.5. The van der Waals surface area contributed by atoms with Gasteiger partial charge in [0.25, 0.3) is 0 Å². The molecule has 2 rings (SSSR count). The van der Waals surface area contributed by atoms with E-state index < -0.39 is 6.10 Å². The molecule has 0 radical (unpaired) electrons. The fourth-order valence-corrected chi connectivity index (χ4v) is 4.01. The van der Waals surface area contributed by atoms with Crippen molar-refractivity contribution in [2.75, 3.05) is 40.5 Å². The number of benzene rings is 1. The Hall–Kier alpha value is -1.83. The SMILES string of the molecule is COCCCOc1cc(C[C@@H](C[C@H](N)[C@@H](O)CN2CCCC2=O)C(C)C)ccc1OC. The van der Waals surface area contributed by atoms with Crippen molar-refractivity contribution >= 4 is 5.91 Å². The lowest BCUT2D eigenvalue weighted by Gasteiger charge is -2.29. The second kappa shape index (κ2) is 12.9. The van der Waals surface area contributed by atoms with Gasteiger partial charge in [-0.1, -0.05) is 19.9 Å². The molecule has 1 aliphatic heterocycles. The first kappa shape index (κ1) is 25.4. The summed E-state index contributed by atoms with van der Waals surface area (Å²) in [5.41, 5.74) is 7.51. The smallest absolute Gasteiger partial charge is 0.222 e. The molecular weight excluding hydrogens is 396 g/mol. The van der Waals surface area contributed by atoms with Crippen LogP contribution in [0.15, 0.2) is 18.2 Å². The van der Waals surface area contributed by atoms with Gasteiger partial charge in [0.2, 0.25) is 5.91 Å². The Labute approximate surface area is 186 Å². The summed E-state index contributed by atoms with van der Waals surface area (Å²) in [6.45, 7) is 6.62. The normalized spacial score (nSPS) is 17.1. The number of ether oxygens (including phenoxy) is 3.